The van der Waals surface area contributed by atoms with Gasteiger partial charge in [-0.1, -0.05) is 20.8 Å². The molecule has 0 spiro atoms. The zero-order chi connectivity index (χ0) is 14.0. The summed E-state index contributed by atoms with van der Waals surface area (Å²) in [5.74, 6) is 0.745. The van der Waals surface area contributed by atoms with Gasteiger partial charge in [-0.15, -0.1) is 0 Å². The van der Waals surface area contributed by atoms with Gasteiger partial charge in [0.1, 0.15) is 0 Å². The Balaban J connectivity index is 2.19. The van der Waals surface area contributed by atoms with E-state index in [2.05, 4.69) is 43.2 Å². The molecule has 106 valence electrons. The summed E-state index contributed by atoms with van der Waals surface area (Å²) in [7, 11) is 0. The maximum atomic E-state index is 5.77. The summed E-state index contributed by atoms with van der Waals surface area (Å²) >= 11 is 0. The fourth-order valence-corrected chi connectivity index (χ4v) is 1.90. The molecular weight excluding hydrogens is 236 g/mol. The van der Waals surface area contributed by atoms with Crippen molar-refractivity contribution in [1.82, 2.24) is 10.3 Å². The van der Waals surface area contributed by atoms with Crippen LogP contribution in [0.3, 0.4) is 0 Å². The molecule has 1 aliphatic carbocycles. The highest BCUT2D eigenvalue weighted by Gasteiger charge is 2.21. The first-order chi connectivity index (χ1) is 8.84. The van der Waals surface area contributed by atoms with Gasteiger partial charge in [-0.05, 0) is 38.3 Å². The van der Waals surface area contributed by atoms with Crippen LogP contribution in [0.5, 0.6) is 5.88 Å². The molecule has 3 heteroatoms. The van der Waals surface area contributed by atoms with Crippen LogP contribution in [0.25, 0.3) is 0 Å². The third-order valence-corrected chi connectivity index (χ3v) is 3.16. The lowest BCUT2D eigenvalue weighted by molar-refractivity contribution is 0.231. The molecule has 0 bridgehead atoms. The fourth-order valence-electron chi connectivity index (χ4n) is 1.90. The lowest BCUT2D eigenvalue weighted by Crippen LogP contribution is -2.19. The largest absolute Gasteiger partial charge is 0.475 e. The van der Waals surface area contributed by atoms with Crippen molar-refractivity contribution in [2.45, 2.75) is 71.6 Å². The molecule has 1 saturated carbocycles. The Labute approximate surface area is 116 Å². The van der Waals surface area contributed by atoms with Crippen LogP contribution in [-0.4, -0.2) is 17.1 Å². The molecule has 19 heavy (non-hydrogen) atoms. The normalized spacial score (nSPS) is 15.9. The SMILES string of the molecule is CC(C)Oc1cc(CNC2CC2)cc(C(C)(C)C)n1. The number of aromatic nitrogens is 1. The molecule has 0 unspecified atom stereocenters. The molecule has 1 N–H and O–H groups in total. The van der Waals surface area contributed by atoms with Crippen molar-refractivity contribution in [2.24, 2.45) is 0 Å². The van der Waals surface area contributed by atoms with Crippen molar-refractivity contribution in [3.05, 3.63) is 23.4 Å². The van der Waals surface area contributed by atoms with E-state index in [1.165, 1.54) is 18.4 Å². The molecule has 0 radical (unpaired) electrons. The van der Waals surface area contributed by atoms with E-state index in [9.17, 15) is 0 Å². The molecule has 0 saturated heterocycles. The standard InChI is InChI=1S/C16H26N2O/c1-11(2)19-15-9-12(10-17-13-6-7-13)8-14(18-15)16(3,4)5/h8-9,11,13,17H,6-7,10H2,1-5H3. The van der Waals surface area contributed by atoms with Crippen molar-refractivity contribution >= 4 is 0 Å². The van der Waals surface area contributed by atoms with Gasteiger partial charge in [-0.3, -0.25) is 0 Å². The summed E-state index contributed by atoms with van der Waals surface area (Å²) in [6.07, 6.45) is 2.78. The summed E-state index contributed by atoms with van der Waals surface area (Å²) in [4.78, 5) is 4.64. The first-order valence-corrected chi connectivity index (χ1v) is 7.26. The van der Waals surface area contributed by atoms with Gasteiger partial charge in [0, 0.05) is 24.1 Å². The quantitative estimate of drug-likeness (QED) is 0.883. The third kappa shape index (κ3) is 4.50. The van der Waals surface area contributed by atoms with Crippen LogP contribution >= 0.6 is 0 Å². The van der Waals surface area contributed by atoms with Crippen LogP contribution in [0, 0.1) is 0 Å². The number of hydrogen-bond acceptors (Lipinski definition) is 3. The maximum Gasteiger partial charge on any atom is 0.214 e. The number of hydrogen-bond donors (Lipinski definition) is 1. The number of nitrogens with zero attached hydrogens (tertiary/aromatic N) is 1. The molecule has 1 heterocycles. The fraction of sp³-hybridized carbons (Fsp3) is 0.688. The summed E-state index contributed by atoms with van der Waals surface area (Å²) < 4.78 is 5.77. The van der Waals surface area contributed by atoms with Crippen LogP contribution in [0.15, 0.2) is 12.1 Å². The van der Waals surface area contributed by atoms with E-state index >= 15 is 0 Å². The average Bonchev–Trinajstić information content (AvgIpc) is 3.07. The van der Waals surface area contributed by atoms with Gasteiger partial charge < -0.3 is 10.1 Å². The van der Waals surface area contributed by atoms with Gasteiger partial charge >= 0.3 is 0 Å². The van der Waals surface area contributed by atoms with Crippen molar-refractivity contribution in [3.8, 4) is 5.88 Å². The van der Waals surface area contributed by atoms with Gasteiger partial charge in [-0.25, -0.2) is 4.98 Å². The molecule has 0 atom stereocenters. The highest BCUT2D eigenvalue weighted by molar-refractivity contribution is 5.28. The Bertz CT molecular complexity index is 431. The van der Waals surface area contributed by atoms with Gasteiger partial charge in [0.25, 0.3) is 0 Å². The van der Waals surface area contributed by atoms with Gasteiger partial charge in [-0.2, -0.15) is 0 Å². The first-order valence-electron chi connectivity index (χ1n) is 7.26. The molecule has 1 aromatic rings. The summed E-state index contributed by atoms with van der Waals surface area (Å²) in [5, 5.41) is 3.55. The van der Waals surface area contributed by atoms with E-state index in [1.54, 1.807) is 0 Å². The van der Waals surface area contributed by atoms with E-state index in [0.29, 0.717) is 0 Å². The Kier molecular flexibility index (Phi) is 4.14. The minimum Gasteiger partial charge on any atom is -0.475 e. The van der Waals surface area contributed by atoms with Crippen molar-refractivity contribution in [3.63, 3.8) is 0 Å². The third-order valence-electron chi connectivity index (χ3n) is 3.16. The summed E-state index contributed by atoms with van der Waals surface area (Å²) in [5.41, 5.74) is 2.41. The minimum atomic E-state index is 0.0463. The molecule has 0 aliphatic heterocycles. The second kappa shape index (κ2) is 5.49. The predicted molar refractivity (Wildman–Crippen MR) is 78.6 cm³/mol. The van der Waals surface area contributed by atoms with Crippen molar-refractivity contribution in [1.29, 1.82) is 0 Å². The second-order valence-corrected chi connectivity index (χ2v) is 6.77. The monoisotopic (exact) mass is 262 g/mol. The van der Waals surface area contributed by atoms with Crippen LogP contribution < -0.4 is 10.1 Å². The molecule has 0 aromatic carbocycles. The van der Waals surface area contributed by atoms with E-state index < -0.39 is 0 Å². The second-order valence-electron chi connectivity index (χ2n) is 6.77. The Hall–Kier alpha value is -1.09. The molecule has 3 nitrogen and oxygen atoms in total. The molecule has 1 fully saturated rings. The number of ether oxygens (including phenoxy) is 1. The van der Waals surface area contributed by atoms with Gasteiger partial charge in [0.05, 0.1) is 11.8 Å². The molecule has 2 rings (SSSR count). The molecular formula is C16H26N2O. The lowest BCUT2D eigenvalue weighted by atomic mass is 9.91. The first kappa shape index (κ1) is 14.3. The predicted octanol–water partition coefficient (Wildman–Crippen LogP) is 3.42. The van der Waals surface area contributed by atoms with Crippen LogP contribution in [0.2, 0.25) is 0 Å². The summed E-state index contributed by atoms with van der Waals surface area (Å²) in [6, 6.07) is 4.98. The number of pyridine rings is 1. The lowest BCUT2D eigenvalue weighted by Gasteiger charge is -2.21. The van der Waals surface area contributed by atoms with E-state index in [0.717, 1.165) is 24.2 Å². The summed E-state index contributed by atoms with van der Waals surface area (Å²) in [6.45, 7) is 11.5. The smallest absolute Gasteiger partial charge is 0.214 e. The minimum absolute atomic E-state index is 0.0463. The highest BCUT2D eigenvalue weighted by atomic mass is 16.5. The molecule has 1 aromatic heterocycles. The number of nitrogens with one attached hydrogen (secondary N) is 1. The van der Waals surface area contributed by atoms with Crippen molar-refractivity contribution in [2.75, 3.05) is 0 Å². The van der Waals surface area contributed by atoms with E-state index in [1.807, 2.05) is 13.8 Å². The van der Waals surface area contributed by atoms with Crippen LogP contribution in [0.1, 0.15) is 58.7 Å². The highest BCUT2D eigenvalue weighted by Crippen LogP contribution is 2.25. The Morgan fingerprint density at radius 3 is 2.53 bits per heavy atom. The van der Waals surface area contributed by atoms with Crippen molar-refractivity contribution < 1.29 is 4.74 Å². The van der Waals surface area contributed by atoms with Crippen LogP contribution in [0.4, 0.5) is 0 Å². The van der Waals surface area contributed by atoms with Crippen LogP contribution in [-0.2, 0) is 12.0 Å². The Morgan fingerprint density at radius 2 is 2.00 bits per heavy atom. The van der Waals surface area contributed by atoms with Gasteiger partial charge in [0.2, 0.25) is 5.88 Å². The Morgan fingerprint density at radius 1 is 1.32 bits per heavy atom. The van der Waals surface area contributed by atoms with E-state index in [4.69, 9.17) is 4.74 Å². The zero-order valence-electron chi connectivity index (χ0n) is 12.8. The molecule has 0 amide bonds. The maximum absolute atomic E-state index is 5.77. The van der Waals surface area contributed by atoms with Gasteiger partial charge in [0.15, 0.2) is 0 Å². The zero-order valence-corrected chi connectivity index (χ0v) is 12.8. The topological polar surface area (TPSA) is 34.1 Å². The van der Waals surface area contributed by atoms with E-state index in [-0.39, 0.29) is 11.5 Å². The molecule has 1 aliphatic rings. The number of rotatable bonds is 5. The average molecular weight is 262 g/mol.